The molecule has 1 aliphatic rings. The SMILES string of the molecule is Cc1ccc(C2C(/C=N/NC(=O)c3ccc([N+](=O)[O-])o3)=C(c3ccccc3)Oc3ccccc32)cc1. The van der Waals surface area contributed by atoms with E-state index in [0.29, 0.717) is 5.76 Å². The van der Waals surface area contributed by atoms with Crippen molar-refractivity contribution in [1.82, 2.24) is 5.43 Å². The third-order valence-corrected chi connectivity index (χ3v) is 5.83. The van der Waals surface area contributed by atoms with Crippen LogP contribution in [0.25, 0.3) is 5.76 Å². The zero-order valence-corrected chi connectivity index (χ0v) is 19.3. The van der Waals surface area contributed by atoms with Crippen LogP contribution in [-0.2, 0) is 0 Å². The van der Waals surface area contributed by atoms with Gasteiger partial charge < -0.3 is 9.15 Å². The molecule has 0 aliphatic carbocycles. The van der Waals surface area contributed by atoms with Gasteiger partial charge in [-0.2, -0.15) is 5.10 Å². The summed E-state index contributed by atoms with van der Waals surface area (Å²) in [6.07, 6.45) is 1.55. The molecule has 0 saturated carbocycles. The summed E-state index contributed by atoms with van der Waals surface area (Å²) in [5, 5.41) is 15.0. The molecule has 1 atom stereocenters. The van der Waals surface area contributed by atoms with E-state index in [1.165, 1.54) is 6.07 Å². The van der Waals surface area contributed by atoms with Crippen molar-refractivity contribution >= 4 is 23.8 Å². The minimum Gasteiger partial charge on any atom is -0.456 e. The van der Waals surface area contributed by atoms with Crippen molar-refractivity contribution in [3.63, 3.8) is 0 Å². The van der Waals surface area contributed by atoms with Gasteiger partial charge in [-0.25, -0.2) is 5.43 Å². The smallest absolute Gasteiger partial charge is 0.433 e. The molecule has 0 spiro atoms. The largest absolute Gasteiger partial charge is 0.456 e. The molecule has 178 valence electrons. The number of para-hydroxylation sites is 1. The number of benzene rings is 3. The third-order valence-electron chi connectivity index (χ3n) is 5.83. The van der Waals surface area contributed by atoms with Gasteiger partial charge in [0.15, 0.2) is 0 Å². The van der Waals surface area contributed by atoms with E-state index < -0.39 is 16.7 Å². The number of allylic oxidation sites excluding steroid dienone is 1. The summed E-state index contributed by atoms with van der Waals surface area (Å²) < 4.78 is 11.3. The van der Waals surface area contributed by atoms with Crippen LogP contribution in [0.1, 0.15) is 38.7 Å². The van der Waals surface area contributed by atoms with E-state index >= 15 is 0 Å². The normalized spacial score (nSPS) is 14.9. The number of hydrogen-bond donors (Lipinski definition) is 1. The Hall–Kier alpha value is -4.98. The Labute approximate surface area is 206 Å². The first-order chi connectivity index (χ1) is 17.5. The van der Waals surface area contributed by atoms with E-state index in [4.69, 9.17) is 9.15 Å². The van der Waals surface area contributed by atoms with Crippen molar-refractivity contribution in [3.8, 4) is 5.75 Å². The average molecular weight is 479 g/mol. The van der Waals surface area contributed by atoms with Crippen LogP contribution in [0.2, 0.25) is 0 Å². The van der Waals surface area contributed by atoms with Crippen LogP contribution in [0.5, 0.6) is 5.75 Å². The van der Waals surface area contributed by atoms with Crippen molar-refractivity contribution in [1.29, 1.82) is 0 Å². The number of ether oxygens (including phenoxy) is 1. The lowest BCUT2D eigenvalue weighted by Gasteiger charge is -2.30. The highest BCUT2D eigenvalue weighted by Crippen LogP contribution is 2.45. The van der Waals surface area contributed by atoms with Gasteiger partial charge in [0.1, 0.15) is 16.4 Å². The Bertz CT molecular complexity index is 1490. The monoisotopic (exact) mass is 479 g/mol. The van der Waals surface area contributed by atoms with Crippen molar-refractivity contribution in [2.24, 2.45) is 5.10 Å². The Kier molecular flexibility index (Phi) is 6.15. The zero-order valence-electron chi connectivity index (χ0n) is 19.3. The maximum Gasteiger partial charge on any atom is 0.433 e. The van der Waals surface area contributed by atoms with Gasteiger partial charge in [0.25, 0.3) is 0 Å². The number of carbonyl (C=O) groups is 1. The number of hydrazone groups is 1. The number of aryl methyl sites for hydroxylation is 1. The fraction of sp³-hybridized carbons (Fsp3) is 0.0714. The summed E-state index contributed by atoms with van der Waals surface area (Å²) in [5.41, 5.74) is 7.15. The first-order valence-corrected chi connectivity index (χ1v) is 11.2. The average Bonchev–Trinajstić information content (AvgIpc) is 3.40. The van der Waals surface area contributed by atoms with Gasteiger partial charge in [0.2, 0.25) is 5.76 Å². The number of carbonyl (C=O) groups excluding carboxylic acids is 1. The van der Waals surface area contributed by atoms with Crippen molar-refractivity contribution in [2.75, 3.05) is 0 Å². The molecule has 8 heteroatoms. The quantitative estimate of drug-likeness (QED) is 0.212. The first-order valence-electron chi connectivity index (χ1n) is 11.2. The number of nitrogens with zero attached hydrogens (tertiary/aromatic N) is 2. The zero-order chi connectivity index (χ0) is 25.1. The van der Waals surface area contributed by atoms with Gasteiger partial charge in [-0.3, -0.25) is 14.9 Å². The van der Waals surface area contributed by atoms with Gasteiger partial charge in [-0.15, -0.1) is 0 Å². The highest BCUT2D eigenvalue weighted by atomic mass is 16.6. The Morgan fingerprint density at radius 1 is 0.972 bits per heavy atom. The molecule has 1 aromatic heterocycles. The highest BCUT2D eigenvalue weighted by Gasteiger charge is 2.31. The number of fused-ring (bicyclic) bond motifs is 1. The number of furan rings is 1. The summed E-state index contributed by atoms with van der Waals surface area (Å²) in [6.45, 7) is 2.03. The second-order valence-corrected chi connectivity index (χ2v) is 8.23. The van der Waals surface area contributed by atoms with Crippen molar-refractivity contribution in [3.05, 3.63) is 135 Å². The Morgan fingerprint density at radius 2 is 1.69 bits per heavy atom. The summed E-state index contributed by atoms with van der Waals surface area (Å²) in [6, 6.07) is 28.1. The van der Waals surface area contributed by atoms with Crippen LogP contribution >= 0.6 is 0 Å². The molecule has 0 bridgehead atoms. The Morgan fingerprint density at radius 3 is 2.42 bits per heavy atom. The van der Waals surface area contributed by atoms with Crippen molar-refractivity contribution in [2.45, 2.75) is 12.8 Å². The van der Waals surface area contributed by atoms with E-state index in [2.05, 4.69) is 34.8 Å². The first kappa shape index (κ1) is 22.8. The topological polar surface area (TPSA) is 107 Å². The maximum absolute atomic E-state index is 12.5. The molecule has 5 rings (SSSR count). The van der Waals surface area contributed by atoms with Crippen molar-refractivity contribution < 1.29 is 18.9 Å². The molecular formula is C28H21N3O5. The van der Waals surface area contributed by atoms with Gasteiger partial charge in [0, 0.05) is 22.6 Å². The van der Waals surface area contributed by atoms with Crippen LogP contribution < -0.4 is 10.2 Å². The summed E-state index contributed by atoms with van der Waals surface area (Å²) in [7, 11) is 0. The second kappa shape index (κ2) is 9.71. The fourth-order valence-electron chi connectivity index (χ4n) is 4.11. The van der Waals surface area contributed by atoms with Crippen LogP contribution in [0.15, 0.2) is 106 Å². The molecule has 8 nitrogen and oxygen atoms in total. The van der Waals surface area contributed by atoms with Crippen LogP contribution in [0.3, 0.4) is 0 Å². The minimum atomic E-state index is -0.708. The molecule has 0 radical (unpaired) electrons. The molecule has 0 saturated heterocycles. The third kappa shape index (κ3) is 4.52. The number of nitro groups is 1. The molecule has 2 heterocycles. The predicted octanol–water partition coefficient (Wildman–Crippen LogP) is 5.85. The number of nitrogens with one attached hydrogen (secondary N) is 1. The van der Waals surface area contributed by atoms with E-state index in [1.807, 2.05) is 61.5 Å². The summed E-state index contributed by atoms with van der Waals surface area (Å²) >= 11 is 0. The maximum atomic E-state index is 12.5. The Balaban J connectivity index is 1.57. The molecule has 1 aliphatic heterocycles. The van der Waals surface area contributed by atoms with Gasteiger partial charge in [0.05, 0.1) is 12.3 Å². The van der Waals surface area contributed by atoms with E-state index in [-0.39, 0.29) is 11.7 Å². The predicted molar refractivity (Wildman–Crippen MR) is 135 cm³/mol. The van der Waals surface area contributed by atoms with E-state index in [0.717, 1.165) is 39.6 Å². The lowest BCUT2D eigenvalue weighted by molar-refractivity contribution is -0.402. The van der Waals surface area contributed by atoms with Gasteiger partial charge in [-0.1, -0.05) is 78.4 Å². The highest BCUT2D eigenvalue weighted by molar-refractivity contribution is 5.96. The molecule has 1 N–H and O–H groups in total. The lowest BCUT2D eigenvalue weighted by Crippen LogP contribution is -2.20. The summed E-state index contributed by atoms with van der Waals surface area (Å²) in [5.74, 6) is -0.287. The lowest BCUT2D eigenvalue weighted by atomic mass is 9.81. The van der Waals surface area contributed by atoms with E-state index in [9.17, 15) is 14.9 Å². The van der Waals surface area contributed by atoms with Crippen LogP contribution in [-0.4, -0.2) is 17.0 Å². The van der Waals surface area contributed by atoms with Gasteiger partial charge in [-0.05, 0) is 24.6 Å². The molecule has 0 fully saturated rings. The number of amides is 1. The minimum absolute atomic E-state index is 0.212. The van der Waals surface area contributed by atoms with Crippen LogP contribution in [0, 0.1) is 17.0 Å². The molecule has 3 aromatic carbocycles. The van der Waals surface area contributed by atoms with Crippen LogP contribution in [0.4, 0.5) is 5.88 Å². The second-order valence-electron chi connectivity index (χ2n) is 8.23. The molecule has 36 heavy (non-hydrogen) atoms. The van der Waals surface area contributed by atoms with E-state index in [1.54, 1.807) is 6.21 Å². The molecular weight excluding hydrogens is 458 g/mol. The number of rotatable bonds is 6. The molecule has 4 aromatic rings. The summed E-state index contributed by atoms with van der Waals surface area (Å²) in [4.78, 5) is 22.6. The standard InChI is InChI=1S/C28H21N3O5/c1-18-11-13-19(14-12-18)26-21-9-5-6-10-23(21)36-27(20-7-3-2-4-8-20)22(26)17-29-30-28(32)24-15-16-25(35-24)31(33)34/h2-17,26H,1H3,(H,30,32)/b29-17+. The number of hydrogen-bond acceptors (Lipinski definition) is 6. The fourth-order valence-corrected chi connectivity index (χ4v) is 4.11. The van der Waals surface area contributed by atoms with Gasteiger partial charge >= 0.3 is 11.8 Å². The molecule has 1 unspecified atom stereocenters. The molecule has 1 amide bonds.